The molecule has 8 nitrogen and oxygen atoms in total. The SMILES string of the molecule is O=C(O)c1ccc(OC2CCN(C3CCN(c4ncc(Cl)cc4F)CC3)C2=O)cn1. The lowest BCUT2D eigenvalue weighted by Gasteiger charge is -2.37. The monoisotopic (exact) mass is 434 g/mol. The van der Waals surface area contributed by atoms with Crippen molar-refractivity contribution in [3.63, 3.8) is 0 Å². The molecule has 4 rings (SSSR count). The van der Waals surface area contributed by atoms with E-state index in [-0.39, 0.29) is 28.5 Å². The van der Waals surface area contributed by atoms with Crippen molar-refractivity contribution < 1.29 is 23.8 Å². The van der Waals surface area contributed by atoms with Crippen LogP contribution in [0.15, 0.2) is 30.6 Å². The first-order valence-electron chi connectivity index (χ1n) is 9.65. The summed E-state index contributed by atoms with van der Waals surface area (Å²) in [7, 11) is 0. The number of nitrogens with zero attached hydrogens (tertiary/aromatic N) is 4. The molecule has 2 saturated heterocycles. The molecule has 0 bridgehead atoms. The Labute approximate surface area is 177 Å². The fourth-order valence-electron chi connectivity index (χ4n) is 3.92. The van der Waals surface area contributed by atoms with Crippen LogP contribution in [0.2, 0.25) is 5.02 Å². The molecule has 0 saturated carbocycles. The minimum absolute atomic E-state index is 0.0604. The summed E-state index contributed by atoms with van der Waals surface area (Å²) < 4.78 is 19.8. The van der Waals surface area contributed by atoms with Gasteiger partial charge in [0.15, 0.2) is 17.7 Å². The number of amides is 1. The number of carboxylic acid groups (broad SMARTS) is 1. The predicted molar refractivity (Wildman–Crippen MR) is 106 cm³/mol. The molecule has 0 spiro atoms. The minimum Gasteiger partial charge on any atom is -0.479 e. The Bertz CT molecular complexity index is 950. The second-order valence-electron chi connectivity index (χ2n) is 7.29. The first-order valence-corrected chi connectivity index (χ1v) is 10.0. The fraction of sp³-hybridized carbons (Fsp3) is 0.400. The quantitative estimate of drug-likeness (QED) is 0.772. The summed E-state index contributed by atoms with van der Waals surface area (Å²) in [5.74, 6) is -1.02. The number of ether oxygens (including phenoxy) is 1. The van der Waals surface area contributed by atoms with Crippen molar-refractivity contribution in [2.24, 2.45) is 0 Å². The van der Waals surface area contributed by atoms with Gasteiger partial charge in [0.1, 0.15) is 11.4 Å². The van der Waals surface area contributed by atoms with Crippen LogP contribution in [-0.4, -0.2) is 63.6 Å². The number of aromatic nitrogens is 2. The molecule has 4 heterocycles. The van der Waals surface area contributed by atoms with E-state index in [9.17, 15) is 14.0 Å². The highest BCUT2D eigenvalue weighted by atomic mass is 35.5. The van der Waals surface area contributed by atoms with E-state index in [1.165, 1.54) is 30.6 Å². The van der Waals surface area contributed by atoms with Gasteiger partial charge in [-0.1, -0.05) is 11.6 Å². The van der Waals surface area contributed by atoms with Gasteiger partial charge in [0.25, 0.3) is 5.91 Å². The first-order chi connectivity index (χ1) is 14.4. The molecule has 1 atom stereocenters. The lowest BCUT2D eigenvalue weighted by molar-refractivity contribution is -0.135. The molecule has 0 aliphatic carbocycles. The topological polar surface area (TPSA) is 95.9 Å². The number of aromatic carboxylic acids is 1. The second-order valence-corrected chi connectivity index (χ2v) is 7.72. The Morgan fingerprint density at radius 2 is 1.93 bits per heavy atom. The van der Waals surface area contributed by atoms with Crippen molar-refractivity contribution in [1.82, 2.24) is 14.9 Å². The molecule has 1 unspecified atom stereocenters. The Balaban J connectivity index is 1.33. The van der Waals surface area contributed by atoms with Crippen molar-refractivity contribution in [2.45, 2.75) is 31.4 Å². The van der Waals surface area contributed by atoms with Gasteiger partial charge in [0, 0.05) is 38.3 Å². The molecule has 1 amide bonds. The number of hydrogen-bond donors (Lipinski definition) is 1. The summed E-state index contributed by atoms with van der Waals surface area (Å²) in [6.45, 7) is 1.76. The summed E-state index contributed by atoms with van der Waals surface area (Å²) in [5, 5.41) is 9.16. The minimum atomic E-state index is -1.12. The average molecular weight is 435 g/mol. The molecule has 10 heteroatoms. The Morgan fingerprint density at radius 1 is 1.17 bits per heavy atom. The Morgan fingerprint density at radius 3 is 2.57 bits per heavy atom. The molecule has 158 valence electrons. The van der Waals surface area contributed by atoms with Crippen LogP contribution in [0.1, 0.15) is 29.8 Å². The van der Waals surface area contributed by atoms with Crippen LogP contribution in [0.5, 0.6) is 5.75 Å². The van der Waals surface area contributed by atoms with Crippen LogP contribution >= 0.6 is 11.6 Å². The number of anilines is 1. The lowest BCUT2D eigenvalue weighted by Crippen LogP contribution is -2.47. The number of rotatable bonds is 5. The molecule has 2 fully saturated rings. The highest BCUT2D eigenvalue weighted by molar-refractivity contribution is 6.30. The zero-order chi connectivity index (χ0) is 21.3. The molecule has 2 aromatic heterocycles. The zero-order valence-electron chi connectivity index (χ0n) is 16.0. The first kappa shape index (κ1) is 20.3. The number of carboxylic acids is 1. The van der Waals surface area contributed by atoms with E-state index in [1.54, 1.807) is 0 Å². The Kier molecular flexibility index (Phi) is 5.72. The van der Waals surface area contributed by atoms with Crippen LogP contribution in [0.25, 0.3) is 0 Å². The number of likely N-dealkylation sites (tertiary alicyclic amines) is 1. The van der Waals surface area contributed by atoms with Crippen molar-refractivity contribution in [3.8, 4) is 5.75 Å². The van der Waals surface area contributed by atoms with Crippen LogP contribution in [0.3, 0.4) is 0 Å². The van der Waals surface area contributed by atoms with E-state index < -0.39 is 17.9 Å². The molecule has 0 radical (unpaired) electrons. The highest BCUT2D eigenvalue weighted by Crippen LogP contribution is 2.28. The van der Waals surface area contributed by atoms with E-state index >= 15 is 0 Å². The average Bonchev–Trinajstić information content (AvgIpc) is 3.09. The predicted octanol–water partition coefficient (Wildman–Crippen LogP) is 2.62. The molecular formula is C20H20ClFN4O4. The summed E-state index contributed by atoms with van der Waals surface area (Å²) in [5.41, 5.74) is -0.0832. The van der Waals surface area contributed by atoms with E-state index in [2.05, 4.69) is 9.97 Å². The van der Waals surface area contributed by atoms with Gasteiger partial charge in [-0.3, -0.25) is 4.79 Å². The molecule has 30 heavy (non-hydrogen) atoms. The molecule has 0 aromatic carbocycles. The Hall–Kier alpha value is -2.94. The standard InChI is InChI=1S/C20H20ClFN4O4/c21-12-9-15(22)18(24-10-12)25-6-3-13(4-7-25)26-8-5-17(19(26)27)30-14-1-2-16(20(28)29)23-11-14/h1-2,9-11,13,17H,3-8H2,(H,28,29). The van der Waals surface area contributed by atoms with Gasteiger partial charge < -0.3 is 19.6 Å². The number of pyridine rings is 2. The van der Waals surface area contributed by atoms with Gasteiger partial charge in [0.05, 0.1) is 11.2 Å². The molecular weight excluding hydrogens is 415 g/mol. The summed E-state index contributed by atoms with van der Waals surface area (Å²) in [6.07, 6.45) is 4.08. The third-order valence-electron chi connectivity index (χ3n) is 5.42. The van der Waals surface area contributed by atoms with Crippen molar-refractivity contribution >= 4 is 29.3 Å². The molecule has 2 aromatic rings. The van der Waals surface area contributed by atoms with Gasteiger partial charge >= 0.3 is 5.97 Å². The summed E-state index contributed by atoms with van der Waals surface area (Å²) >= 11 is 5.77. The van der Waals surface area contributed by atoms with Gasteiger partial charge in [0.2, 0.25) is 0 Å². The largest absolute Gasteiger partial charge is 0.479 e. The van der Waals surface area contributed by atoms with Crippen LogP contribution < -0.4 is 9.64 Å². The fourth-order valence-corrected chi connectivity index (χ4v) is 4.06. The van der Waals surface area contributed by atoms with E-state index in [0.717, 1.165) is 0 Å². The van der Waals surface area contributed by atoms with Gasteiger partial charge in [-0.15, -0.1) is 0 Å². The highest BCUT2D eigenvalue weighted by Gasteiger charge is 2.38. The normalized spacial score (nSPS) is 19.9. The molecule has 2 aliphatic heterocycles. The zero-order valence-corrected chi connectivity index (χ0v) is 16.8. The van der Waals surface area contributed by atoms with Gasteiger partial charge in [-0.05, 0) is 31.0 Å². The number of halogens is 2. The van der Waals surface area contributed by atoms with Gasteiger partial charge in [-0.2, -0.15) is 0 Å². The van der Waals surface area contributed by atoms with Crippen molar-refractivity contribution in [2.75, 3.05) is 24.5 Å². The van der Waals surface area contributed by atoms with E-state index in [4.69, 9.17) is 21.4 Å². The maximum Gasteiger partial charge on any atom is 0.354 e. The molecule has 2 aliphatic rings. The smallest absolute Gasteiger partial charge is 0.354 e. The van der Waals surface area contributed by atoms with E-state index in [0.29, 0.717) is 44.6 Å². The van der Waals surface area contributed by atoms with Crippen LogP contribution in [0.4, 0.5) is 10.2 Å². The summed E-state index contributed by atoms with van der Waals surface area (Å²) in [6, 6.07) is 4.15. The number of carbonyl (C=O) groups is 2. The van der Waals surface area contributed by atoms with Crippen molar-refractivity contribution in [3.05, 3.63) is 47.1 Å². The summed E-state index contributed by atoms with van der Waals surface area (Å²) in [4.78, 5) is 35.3. The third kappa shape index (κ3) is 4.16. The maximum absolute atomic E-state index is 14.1. The number of hydrogen-bond acceptors (Lipinski definition) is 6. The lowest BCUT2D eigenvalue weighted by atomic mass is 10.0. The van der Waals surface area contributed by atoms with Crippen LogP contribution in [0, 0.1) is 5.82 Å². The van der Waals surface area contributed by atoms with Crippen molar-refractivity contribution in [1.29, 1.82) is 0 Å². The van der Waals surface area contributed by atoms with Crippen LogP contribution in [-0.2, 0) is 4.79 Å². The van der Waals surface area contributed by atoms with Gasteiger partial charge in [-0.25, -0.2) is 19.2 Å². The third-order valence-corrected chi connectivity index (χ3v) is 5.62. The van der Waals surface area contributed by atoms with E-state index in [1.807, 2.05) is 9.80 Å². The molecule has 1 N–H and O–H groups in total. The maximum atomic E-state index is 14.1. The number of piperidine rings is 1. The number of carbonyl (C=O) groups excluding carboxylic acids is 1. The second kappa shape index (κ2) is 8.43.